The van der Waals surface area contributed by atoms with Crippen LogP contribution in [-0.4, -0.2) is 45.9 Å². The van der Waals surface area contributed by atoms with E-state index in [0.717, 1.165) is 0 Å². The van der Waals surface area contributed by atoms with Gasteiger partial charge in [-0.15, -0.1) is 6.58 Å². The number of aromatic nitrogens is 2. The average molecular weight is 295 g/mol. The number of rotatable bonds is 5. The molecule has 1 amide bonds. The van der Waals surface area contributed by atoms with Gasteiger partial charge in [0.05, 0.1) is 6.33 Å². The third kappa shape index (κ3) is 5.68. The molecule has 21 heavy (non-hydrogen) atoms. The minimum Gasteiger partial charge on any atom is -0.444 e. The molecule has 1 heterocycles. The molecule has 0 saturated heterocycles. The van der Waals surface area contributed by atoms with Gasteiger partial charge in [0.1, 0.15) is 5.60 Å². The van der Waals surface area contributed by atoms with E-state index in [9.17, 15) is 9.59 Å². The van der Waals surface area contributed by atoms with Crippen molar-refractivity contribution in [3.8, 4) is 0 Å². The maximum Gasteiger partial charge on any atom is 0.412 e. The number of esters is 1. The number of hydrogen-bond acceptors (Lipinski definition) is 5. The normalized spacial score (nSPS) is 10.9. The molecule has 0 spiro atoms. The van der Waals surface area contributed by atoms with Gasteiger partial charge >= 0.3 is 12.1 Å². The highest BCUT2D eigenvalue weighted by Gasteiger charge is 2.21. The van der Waals surface area contributed by atoms with Gasteiger partial charge in [0.15, 0.2) is 12.4 Å². The molecule has 7 heteroatoms. The molecule has 0 aromatic carbocycles. The summed E-state index contributed by atoms with van der Waals surface area (Å²) in [5.74, 6) is -0.603. The molecule has 1 rings (SSSR count). The number of allylic oxidation sites excluding steroid dienone is 1. The Morgan fingerprint density at radius 3 is 2.71 bits per heavy atom. The Hall–Kier alpha value is -2.31. The van der Waals surface area contributed by atoms with E-state index in [4.69, 9.17) is 9.47 Å². The van der Waals surface area contributed by atoms with Crippen LogP contribution in [0.5, 0.6) is 0 Å². The van der Waals surface area contributed by atoms with E-state index in [-0.39, 0.29) is 12.4 Å². The Bertz CT molecular complexity index is 517. The molecule has 116 valence electrons. The topological polar surface area (TPSA) is 73.7 Å². The number of amides is 1. The first kappa shape index (κ1) is 16.7. The Morgan fingerprint density at radius 1 is 1.48 bits per heavy atom. The zero-order valence-electron chi connectivity index (χ0n) is 12.8. The third-order valence-corrected chi connectivity index (χ3v) is 2.28. The van der Waals surface area contributed by atoms with E-state index in [1.54, 1.807) is 37.6 Å². The zero-order valence-corrected chi connectivity index (χ0v) is 12.8. The van der Waals surface area contributed by atoms with Crippen LogP contribution < -0.4 is 0 Å². The smallest absolute Gasteiger partial charge is 0.412 e. The first-order chi connectivity index (χ1) is 9.73. The van der Waals surface area contributed by atoms with Crippen LogP contribution in [0.25, 0.3) is 0 Å². The lowest BCUT2D eigenvalue weighted by Crippen LogP contribution is -2.36. The van der Waals surface area contributed by atoms with Crippen molar-refractivity contribution in [1.29, 1.82) is 0 Å². The van der Waals surface area contributed by atoms with Crippen LogP contribution in [0, 0.1) is 0 Å². The molecule has 7 nitrogen and oxygen atoms in total. The molecule has 0 aliphatic carbocycles. The van der Waals surface area contributed by atoms with Crippen molar-refractivity contribution >= 4 is 12.1 Å². The van der Waals surface area contributed by atoms with Crippen LogP contribution in [-0.2, 0) is 16.0 Å². The van der Waals surface area contributed by atoms with Gasteiger partial charge in [-0.25, -0.2) is 14.6 Å². The second-order valence-corrected chi connectivity index (χ2v) is 5.48. The van der Waals surface area contributed by atoms with Crippen molar-refractivity contribution in [2.45, 2.75) is 32.9 Å². The molecular formula is C14H21N3O4. The number of carbonyl (C=O) groups excluding carboxylic acids is 2. The standard InChI is InChI=1S/C14H21N3O4/c1-6-7-17-8-11(15-9-17)12(18)20-10-16(5)13(19)21-14(2,3)4/h6,8-9H,1,7,10H2,2-5H3. The summed E-state index contributed by atoms with van der Waals surface area (Å²) < 4.78 is 11.8. The first-order valence-electron chi connectivity index (χ1n) is 6.47. The predicted molar refractivity (Wildman–Crippen MR) is 76.7 cm³/mol. The lowest BCUT2D eigenvalue weighted by atomic mass is 10.2. The maximum atomic E-state index is 11.8. The highest BCUT2D eigenvalue weighted by molar-refractivity contribution is 5.87. The summed E-state index contributed by atoms with van der Waals surface area (Å²) in [7, 11) is 1.48. The summed E-state index contributed by atoms with van der Waals surface area (Å²) in [6.45, 7) is 9.23. The van der Waals surface area contributed by atoms with Crippen molar-refractivity contribution < 1.29 is 19.1 Å². The second kappa shape index (κ2) is 6.92. The summed E-state index contributed by atoms with van der Waals surface area (Å²) in [6.07, 6.45) is 4.19. The van der Waals surface area contributed by atoms with Gasteiger partial charge in [-0.1, -0.05) is 6.08 Å². The van der Waals surface area contributed by atoms with Crippen LogP contribution in [0.4, 0.5) is 4.79 Å². The zero-order chi connectivity index (χ0) is 16.0. The molecule has 0 saturated carbocycles. The quantitative estimate of drug-likeness (QED) is 0.472. The summed E-state index contributed by atoms with van der Waals surface area (Å²) >= 11 is 0. The summed E-state index contributed by atoms with van der Waals surface area (Å²) in [6, 6.07) is 0. The van der Waals surface area contributed by atoms with Gasteiger partial charge in [0, 0.05) is 19.8 Å². The predicted octanol–water partition coefficient (Wildman–Crippen LogP) is 2.05. The van der Waals surface area contributed by atoms with Gasteiger partial charge in [0.2, 0.25) is 0 Å². The molecular weight excluding hydrogens is 274 g/mol. The number of imidazole rings is 1. The summed E-state index contributed by atoms with van der Waals surface area (Å²) in [5.41, 5.74) is -0.423. The Labute approximate surface area is 124 Å². The fraction of sp³-hybridized carbons (Fsp3) is 0.500. The van der Waals surface area contributed by atoms with E-state index in [2.05, 4.69) is 11.6 Å². The van der Waals surface area contributed by atoms with E-state index >= 15 is 0 Å². The van der Waals surface area contributed by atoms with E-state index in [1.165, 1.54) is 18.3 Å². The Morgan fingerprint density at radius 2 is 2.14 bits per heavy atom. The molecule has 0 aliphatic rings. The SMILES string of the molecule is C=CCn1cnc(C(=O)OCN(C)C(=O)OC(C)(C)C)c1. The summed E-state index contributed by atoms with van der Waals surface area (Å²) in [5, 5.41) is 0. The molecule has 0 N–H and O–H groups in total. The van der Waals surface area contributed by atoms with Crippen LogP contribution in [0.15, 0.2) is 25.2 Å². The van der Waals surface area contributed by atoms with E-state index < -0.39 is 17.7 Å². The number of carbonyl (C=O) groups is 2. The Kier molecular flexibility index (Phi) is 5.52. The highest BCUT2D eigenvalue weighted by atomic mass is 16.6. The Balaban J connectivity index is 2.48. The highest BCUT2D eigenvalue weighted by Crippen LogP contribution is 2.09. The van der Waals surface area contributed by atoms with Crippen molar-refractivity contribution in [3.63, 3.8) is 0 Å². The van der Waals surface area contributed by atoms with Crippen LogP contribution in [0.3, 0.4) is 0 Å². The first-order valence-corrected chi connectivity index (χ1v) is 6.47. The molecule has 0 bridgehead atoms. The van der Waals surface area contributed by atoms with Crippen LogP contribution >= 0.6 is 0 Å². The van der Waals surface area contributed by atoms with Crippen molar-refractivity contribution in [1.82, 2.24) is 14.5 Å². The lowest BCUT2D eigenvalue weighted by molar-refractivity contribution is 0.0000335. The van der Waals surface area contributed by atoms with Crippen LogP contribution in [0.1, 0.15) is 31.3 Å². The summed E-state index contributed by atoms with van der Waals surface area (Å²) in [4.78, 5) is 28.5. The van der Waals surface area contributed by atoms with Crippen molar-refractivity contribution in [2.75, 3.05) is 13.8 Å². The number of ether oxygens (including phenoxy) is 2. The van der Waals surface area contributed by atoms with Gasteiger partial charge < -0.3 is 14.0 Å². The van der Waals surface area contributed by atoms with Gasteiger partial charge in [-0.2, -0.15) is 0 Å². The van der Waals surface area contributed by atoms with Crippen LogP contribution in [0.2, 0.25) is 0 Å². The number of hydrogen-bond donors (Lipinski definition) is 0. The van der Waals surface area contributed by atoms with Crippen molar-refractivity contribution in [2.24, 2.45) is 0 Å². The minimum absolute atomic E-state index is 0.175. The number of nitrogens with zero attached hydrogens (tertiary/aromatic N) is 3. The molecule has 1 aromatic heterocycles. The second-order valence-electron chi connectivity index (χ2n) is 5.48. The molecule has 1 aromatic rings. The third-order valence-electron chi connectivity index (χ3n) is 2.28. The largest absolute Gasteiger partial charge is 0.444 e. The molecule has 0 fully saturated rings. The molecule has 0 radical (unpaired) electrons. The fourth-order valence-corrected chi connectivity index (χ4v) is 1.34. The minimum atomic E-state index is -0.603. The molecule has 0 atom stereocenters. The monoisotopic (exact) mass is 295 g/mol. The van der Waals surface area contributed by atoms with Gasteiger partial charge in [-0.05, 0) is 20.8 Å². The lowest BCUT2D eigenvalue weighted by Gasteiger charge is -2.24. The maximum absolute atomic E-state index is 11.8. The van der Waals surface area contributed by atoms with Crippen molar-refractivity contribution in [3.05, 3.63) is 30.9 Å². The van der Waals surface area contributed by atoms with E-state index in [1.807, 2.05) is 0 Å². The van der Waals surface area contributed by atoms with Gasteiger partial charge in [-0.3, -0.25) is 4.90 Å². The fourth-order valence-electron chi connectivity index (χ4n) is 1.34. The molecule has 0 unspecified atom stereocenters. The van der Waals surface area contributed by atoms with E-state index in [0.29, 0.717) is 6.54 Å². The average Bonchev–Trinajstić information content (AvgIpc) is 2.82. The molecule has 0 aliphatic heterocycles. The van der Waals surface area contributed by atoms with Gasteiger partial charge in [0.25, 0.3) is 0 Å².